The number of aromatic amines is 1. The Morgan fingerprint density at radius 2 is 2.22 bits per heavy atom. The Kier molecular flexibility index (Phi) is 3.76. The van der Waals surface area contributed by atoms with Crippen molar-refractivity contribution in [1.82, 2.24) is 9.29 Å². The highest BCUT2D eigenvalue weighted by molar-refractivity contribution is 7.89. The van der Waals surface area contributed by atoms with E-state index in [0.29, 0.717) is 23.9 Å². The fourth-order valence-corrected chi connectivity index (χ4v) is 4.21. The summed E-state index contributed by atoms with van der Waals surface area (Å²) >= 11 is 5.68. The van der Waals surface area contributed by atoms with Crippen molar-refractivity contribution < 1.29 is 8.42 Å². The summed E-state index contributed by atoms with van der Waals surface area (Å²) in [4.78, 5) is 3.20. The van der Waals surface area contributed by atoms with Gasteiger partial charge in [-0.3, -0.25) is 0 Å². The molecular formula is C12H19ClN2O2S. The number of hydrogen-bond acceptors (Lipinski definition) is 2. The molecule has 0 bridgehead atoms. The van der Waals surface area contributed by atoms with Crippen LogP contribution in [-0.2, 0) is 15.9 Å². The second-order valence-corrected chi connectivity index (χ2v) is 7.81. The van der Waals surface area contributed by atoms with Gasteiger partial charge in [0.1, 0.15) is 0 Å². The molecule has 0 radical (unpaired) electrons. The summed E-state index contributed by atoms with van der Waals surface area (Å²) in [5, 5.41) is 0. The second-order valence-electron chi connectivity index (χ2n) is 5.60. The summed E-state index contributed by atoms with van der Waals surface area (Å²) in [6.45, 7) is 5.40. The number of hydrogen-bond donors (Lipinski definition) is 1. The van der Waals surface area contributed by atoms with Gasteiger partial charge in [0.2, 0.25) is 10.0 Å². The smallest absolute Gasteiger partial charge is 0.244 e. The molecule has 2 rings (SSSR count). The molecule has 0 atom stereocenters. The van der Waals surface area contributed by atoms with Gasteiger partial charge in [0.05, 0.1) is 10.8 Å². The van der Waals surface area contributed by atoms with E-state index < -0.39 is 10.0 Å². The van der Waals surface area contributed by atoms with Crippen LogP contribution in [-0.4, -0.2) is 30.8 Å². The lowest BCUT2D eigenvalue weighted by Crippen LogP contribution is -2.43. The molecule has 102 valence electrons. The Bertz CT molecular complexity index is 522. The van der Waals surface area contributed by atoms with E-state index in [1.54, 1.807) is 10.4 Å². The van der Waals surface area contributed by atoms with Crippen molar-refractivity contribution in [2.24, 2.45) is 5.41 Å². The number of sulfonamides is 1. The first kappa shape index (κ1) is 13.9. The molecule has 6 heteroatoms. The molecule has 1 aromatic heterocycles. The SMILES string of the molecule is CC1(C)CCCN(S(=O)(=O)c2c[nH]c(CCl)c2)C1. The highest BCUT2D eigenvalue weighted by Crippen LogP contribution is 2.31. The minimum absolute atomic E-state index is 0.0525. The normalized spacial score (nSPS) is 21.1. The Hall–Kier alpha value is -0.520. The van der Waals surface area contributed by atoms with Crippen LogP contribution in [0.3, 0.4) is 0 Å². The topological polar surface area (TPSA) is 53.2 Å². The number of alkyl halides is 1. The van der Waals surface area contributed by atoms with E-state index in [0.717, 1.165) is 18.5 Å². The fourth-order valence-electron chi connectivity index (χ4n) is 2.37. The Labute approximate surface area is 113 Å². The molecule has 4 nitrogen and oxygen atoms in total. The third kappa shape index (κ3) is 2.73. The summed E-state index contributed by atoms with van der Waals surface area (Å²) in [5.41, 5.74) is 0.781. The van der Waals surface area contributed by atoms with Gasteiger partial charge in [-0.1, -0.05) is 13.8 Å². The van der Waals surface area contributed by atoms with Crippen molar-refractivity contribution in [3.05, 3.63) is 18.0 Å². The number of piperidine rings is 1. The van der Waals surface area contributed by atoms with Crippen molar-refractivity contribution in [1.29, 1.82) is 0 Å². The van der Waals surface area contributed by atoms with Crippen molar-refractivity contribution in [2.75, 3.05) is 13.1 Å². The predicted octanol–water partition coefficient (Wildman–Crippen LogP) is 2.56. The first-order valence-corrected chi connectivity index (χ1v) is 8.06. The van der Waals surface area contributed by atoms with Crippen LogP contribution in [0.25, 0.3) is 0 Å². The zero-order chi connectivity index (χ0) is 13.4. The third-order valence-corrected chi connectivity index (χ3v) is 5.47. The predicted molar refractivity (Wildman–Crippen MR) is 72.1 cm³/mol. The summed E-state index contributed by atoms with van der Waals surface area (Å²) in [7, 11) is -3.38. The van der Waals surface area contributed by atoms with E-state index >= 15 is 0 Å². The van der Waals surface area contributed by atoms with E-state index in [2.05, 4.69) is 18.8 Å². The molecule has 0 unspecified atom stereocenters. The van der Waals surface area contributed by atoms with Gasteiger partial charge in [0.25, 0.3) is 0 Å². The lowest BCUT2D eigenvalue weighted by atomic mass is 9.85. The van der Waals surface area contributed by atoms with Gasteiger partial charge in [0, 0.05) is 25.0 Å². The molecule has 18 heavy (non-hydrogen) atoms. The van der Waals surface area contributed by atoms with E-state index in [9.17, 15) is 8.42 Å². The fraction of sp³-hybridized carbons (Fsp3) is 0.667. The molecule has 2 heterocycles. The molecule has 0 spiro atoms. The molecule has 1 saturated heterocycles. The lowest BCUT2D eigenvalue weighted by molar-refractivity contribution is 0.187. The number of nitrogens with zero attached hydrogens (tertiary/aromatic N) is 1. The zero-order valence-electron chi connectivity index (χ0n) is 10.7. The van der Waals surface area contributed by atoms with Crippen LogP contribution in [0.4, 0.5) is 0 Å². The molecule has 1 fully saturated rings. The average Bonchev–Trinajstić information content (AvgIpc) is 2.76. The highest BCUT2D eigenvalue weighted by atomic mass is 35.5. The maximum Gasteiger partial charge on any atom is 0.244 e. The summed E-state index contributed by atoms with van der Waals surface area (Å²) in [6, 6.07) is 1.62. The molecule has 1 aliphatic rings. The van der Waals surface area contributed by atoms with Crippen molar-refractivity contribution in [3.63, 3.8) is 0 Å². The third-order valence-electron chi connectivity index (χ3n) is 3.36. The lowest BCUT2D eigenvalue weighted by Gasteiger charge is -2.36. The van der Waals surface area contributed by atoms with Crippen molar-refractivity contribution in [2.45, 2.75) is 37.5 Å². The standard InChI is InChI=1S/C12H19ClN2O2S/c1-12(2)4-3-5-15(9-12)18(16,17)11-6-10(7-13)14-8-11/h6,8,14H,3-5,7,9H2,1-2H3. The molecule has 1 N–H and O–H groups in total. The molecular weight excluding hydrogens is 272 g/mol. The molecule has 0 amide bonds. The van der Waals surface area contributed by atoms with Crippen LogP contribution in [0, 0.1) is 5.41 Å². The van der Waals surface area contributed by atoms with Gasteiger partial charge in [-0.15, -0.1) is 11.6 Å². The van der Waals surface area contributed by atoms with E-state index in [-0.39, 0.29) is 5.41 Å². The summed E-state index contributed by atoms with van der Waals surface area (Å²) < 4.78 is 26.5. The van der Waals surface area contributed by atoms with Crippen LogP contribution in [0.1, 0.15) is 32.4 Å². The maximum absolute atomic E-state index is 12.5. The molecule has 0 saturated carbocycles. The first-order chi connectivity index (χ1) is 8.35. The van der Waals surface area contributed by atoms with E-state index in [4.69, 9.17) is 11.6 Å². The van der Waals surface area contributed by atoms with E-state index in [1.807, 2.05) is 0 Å². The van der Waals surface area contributed by atoms with Gasteiger partial charge in [0.15, 0.2) is 0 Å². The van der Waals surface area contributed by atoms with Gasteiger partial charge in [-0.05, 0) is 24.3 Å². The van der Waals surface area contributed by atoms with Crippen LogP contribution in [0.15, 0.2) is 17.2 Å². The Morgan fingerprint density at radius 1 is 1.50 bits per heavy atom. The molecule has 0 aromatic carbocycles. The maximum atomic E-state index is 12.5. The minimum Gasteiger partial charge on any atom is -0.363 e. The van der Waals surface area contributed by atoms with Gasteiger partial charge in [-0.25, -0.2) is 8.42 Å². The van der Waals surface area contributed by atoms with Gasteiger partial charge >= 0.3 is 0 Å². The number of rotatable bonds is 3. The van der Waals surface area contributed by atoms with Gasteiger partial charge < -0.3 is 4.98 Å². The zero-order valence-corrected chi connectivity index (χ0v) is 12.3. The highest BCUT2D eigenvalue weighted by Gasteiger charge is 2.34. The molecule has 0 aliphatic carbocycles. The largest absolute Gasteiger partial charge is 0.363 e. The average molecular weight is 291 g/mol. The number of H-pyrrole nitrogens is 1. The minimum atomic E-state index is -3.38. The summed E-state index contributed by atoms with van der Waals surface area (Å²) in [6.07, 6.45) is 3.51. The monoisotopic (exact) mass is 290 g/mol. The number of aromatic nitrogens is 1. The van der Waals surface area contributed by atoms with E-state index in [1.165, 1.54) is 6.20 Å². The second kappa shape index (κ2) is 4.87. The Balaban J connectivity index is 2.25. The quantitative estimate of drug-likeness (QED) is 0.870. The van der Waals surface area contributed by atoms with Crippen LogP contribution in [0.2, 0.25) is 0 Å². The van der Waals surface area contributed by atoms with Gasteiger partial charge in [-0.2, -0.15) is 4.31 Å². The number of nitrogens with one attached hydrogen (secondary N) is 1. The van der Waals surface area contributed by atoms with Crippen molar-refractivity contribution in [3.8, 4) is 0 Å². The van der Waals surface area contributed by atoms with Crippen LogP contribution < -0.4 is 0 Å². The molecule has 1 aliphatic heterocycles. The van der Waals surface area contributed by atoms with Crippen LogP contribution in [0.5, 0.6) is 0 Å². The molecule has 1 aromatic rings. The van der Waals surface area contributed by atoms with Crippen molar-refractivity contribution >= 4 is 21.6 Å². The Morgan fingerprint density at radius 3 is 2.78 bits per heavy atom. The van der Waals surface area contributed by atoms with Crippen LogP contribution >= 0.6 is 11.6 Å². The first-order valence-electron chi connectivity index (χ1n) is 6.09. The summed E-state index contributed by atoms with van der Waals surface area (Å²) in [5.74, 6) is 0.293. The number of halogens is 1.